The van der Waals surface area contributed by atoms with Crippen molar-refractivity contribution in [3.05, 3.63) is 34.7 Å². The second kappa shape index (κ2) is 11.1. The van der Waals surface area contributed by atoms with Gasteiger partial charge in [-0.15, -0.1) is 0 Å². The molecule has 3 rings (SSSR count). The molecule has 2 fully saturated rings. The number of hydrogen-bond donors (Lipinski definition) is 1. The normalized spacial score (nSPS) is 22.6. The van der Waals surface area contributed by atoms with Crippen molar-refractivity contribution in [1.82, 2.24) is 19.7 Å². The number of piperidine rings is 1. The number of rotatable bonds is 3. The SMILES string of the molecule is O=C1CC2CCCCN2CCCCN(C(=O)CCn2ccccc2=O)CCCN1. The van der Waals surface area contributed by atoms with Crippen molar-refractivity contribution in [2.45, 2.75) is 64.0 Å². The topological polar surface area (TPSA) is 74.7 Å². The summed E-state index contributed by atoms with van der Waals surface area (Å²) < 4.78 is 1.58. The number of pyridine rings is 1. The van der Waals surface area contributed by atoms with Gasteiger partial charge in [0.15, 0.2) is 0 Å². The van der Waals surface area contributed by atoms with Crippen LogP contribution in [0.3, 0.4) is 0 Å². The second-order valence-electron chi connectivity index (χ2n) is 8.16. The monoisotopic (exact) mass is 402 g/mol. The molecule has 160 valence electrons. The van der Waals surface area contributed by atoms with Crippen LogP contribution >= 0.6 is 0 Å². The number of aryl methyl sites for hydroxylation is 1. The summed E-state index contributed by atoms with van der Waals surface area (Å²) in [5.41, 5.74) is -0.0796. The van der Waals surface area contributed by atoms with E-state index in [1.807, 2.05) is 11.0 Å². The largest absolute Gasteiger partial charge is 0.356 e. The van der Waals surface area contributed by atoms with Gasteiger partial charge in [-0.3, -0.25) is 19.3 Å². The van der Waals surface area contributed by atoms with E-state index in [1.165, 1.54) is 18.9 Å². The highest BCUT2D eigenvalue weighted by Crippen LogP contribution is 2.20. The lowest BCUT2D eigenvalue weighted by Gasteiger charge is -2.35. The third-order valence-electron chi connectivity index (χ3n) is 6.04. The minimum atomic E-state index is -0.0796. The number of aromatic nitrogens is 1. The van der Waals surface area contributed by atoms with Crippen LogP contribution in [-0.2, 0) is 16.1 Å². The average molecular weight is 403 g/mol. The molecule has 2 aliphatic rings. The minimum Gasteiger partial charge on any atom is -0.356 e. The number of carbonyl (C=O) groups excluding carboxylic acids is 2. The van der Waals surface area contributed by atoms with E-state index in [9.17, 15) is 14.4 Å². The molecule has 29 heavy (non-hydrogen) atoms. The summed E-state index contributed by atoms with van der Waals surface area (Å²) in [5.74, 6) is 0.209. The van der Waals surface area contributed by atoms with Gasteiger partial charge in [-0.05, 0) is 51.3 Å². The van der Waals surface area contributed by atoms with Crippen molar-refractivity contribution in [3.63, 3.8) is 0 Å². The Kier molecular flexibility index (Phi) is 8.28. The zero-order valence-corrected chi connectivity index (χ0v) is 17.4. The molecule has 7 heteroatoms. The molecule has 1 atom stereocenters. The number of nitrogens with one attached hydrogen (secondary N) is 1. The summed E-state index contributed by atoms with van der Waals surface area (Å²) in [7, 11) is 0. The number of hydrogen-bond acceptors (Lipinski definition) is 4. The number of fused-ring (bicyclic) bond motifs is 1. The van der Waals surface area contributed by atoms with Gasteiger partial charge in [0.05, 0.1) is 0 Å². The standard InChI is InChI=1S/C22H34N4O3/c27-20-18-19-8-1-3-12-24(19)13-5-6-15-25(16-7-11-23-20)22(29)10-17-26-14-4-2-9-21(26)28/h2,4,9,14,19H,1,3,5-8,10-13,15-18H2,(H,23,27). The van der Waals surface area contributed by atoms with Crippen molar-refractivity contribution in [3.8, 4) is 0 Å². The highest BCUT2D eigenvalue weighted by molar-refractivity contribution is 5.77. The van der Waals surface area contributed by atoms with Crippen LogP contribution in [0.1, 0.15) is 51.4 Å². The fourth-order valence-corrected chi connectivity index (χ4v) is 4.37. The van der Waals surface area contributed by atoms with Crippen LogP contribution in [0.15, 0.2) is 29.2 Å². The summed E-state index contributed by atoms with van der Waals surface area (Å²) in [4.78, 5) is 41.3. The summed E-state index contributed by atoms with van der Waals surface area (Å²) in [6.45, 7) is 4.48. The Bertz CT molecular complexity index is 733. The van der Waals surface area contributed by atoms with Crippen molar-refractivity contribution < 1.29 is 9.59 Å². The highest BCUT2D eigenvalue weighted by Gasteiger charge is 2.24. The van der Waals surface area contributed by atoms with Crippen LogP contribution in [0, 0.1) is 0 Å². The molecule has 1 aromatic heterocycles. The summed E-state index contributed by atoms with van der Waals surface area (Å²) in [6.07, 6.45) is 8.94. The summed E-state index contributed by atoms with van der Waals surface area (Å²) >= 11 is 0. The van der Waals surface area contributed by atoms with E-state index >= 15 is 0 Å². The molecule has 1 unspecified atom stereocenters. The van der Waals surface area contributed by atoms with Crippen LogP contribution in [0.5, 0.6) is 0 Å². The lowest BCUT2D eigenvalue weighted by Crippen LogP contribution is -2.43. The molecule has 0 aromatic carbocycles. The third kappa shape index (κ3) is 6.70. The summed E-state index contributed by atoms with van der Waals surface area (Å²) in [5, 5.41) is 3.03. The van der Waals surface area contributed by atoms with E-state index in [0.29, 0.717) is 38.5 Å². The van der Waals surface area contributed by atoms with Gasteiger partial charge in [-0.1, -0.05) is 12.5 Å². The van der Waals surface area contributed by atoms with Crippen LogP contribution in [-0.4, -0.2) is 64.9 Å². The molecule has 2 aliphatic heterocycles. The average Bonchev–Trinajstić information content (AvgIpc) is 2.74. The first-order valence-corrected chi connectivity index (χ1v) is 11.1. The van der Waals surface area contributed by atoms with Gasteiger partial charge in [-0.2, -0.15) is 0 Å². The minimum absolute atomic E-state index is 0.0796. The van der Waals surface area contributed by atoms with Crippen LogP contribution in [0.25, 0.3) is 0 Å². The van der Waals surface area contributed by atoms with Gasteiger partial charge < -0.3 is 14.8 Å². The molecule has 2 amide bonds. The van der Waals surface area contributed by atoms with Gasteiger partial charge >= 0.3 is 0 Å². The van der Waals surface area contributed by atoms with Crippen LogP contribution in [0.4, 0.5) is 0 Å². The predicted molar refractivity (Wildman–Crippen MR) is 113 cm³/mol. The Morgan fingerprint density at radius 3 is 2.59 bits per heavy atom. The smallest absolute Gasteiger partial charge is 0.250 e. The van der Waals surface area contributed by atoms with Crippen molar-refractivity contribution >= 4 is 11.8 Å². The Hall–Kier alpha value is -2.15. The van der Waals surface area contributed by atoms with Gasteiger partial charge in [0, 0.05) is 57.3 Å². The third-order valence-corrected chi connectivity index (χ3v) is 6.04. The van der Waals surface area contributed by atoms with E-state index in [0.717, 1.165) is 45.3 Å². The Morgan fingerprint density at radius 2 is 1.76 bits per heavy atom. The van der Waals surface area contributed by atoms with Crippen LogP contribution < -0.4 is 10.9 Å². The quantitative estimate of drug-likeness (QED) is 0.834. The molecular formula is C22H34N4O3. The highest BCUT2D eigenvalue weighted by atomic mass is 16.2. The fraction of sp³-hybridized carbons (Fsp3) is 0.682. The zero-order valence-electron chi connectivity index (χ0n) is 17.4. The van der Waals surface area contributed by atoms with Gasteiger partial charge in [0.2, 0.25) is 11.8 Å². The van der Waals surface area contributed by atoms with E-state index in [-0.39, 0.29) is 17.4 Å². The first-order valence-electron chi connectivity index (χ1n) is 11.1. The molecule has 2 saturated heterocycles. The summed E-state index contributed by atoms with van der Waals surface area (Å²) in [6, 6.07) is 5.40. The Morgan fingerprint density at radius 1 is 1.00 bits per heavy atom. The predicted octanol–water partition coefficient (Wildman–Crippen LogP) is 1.61. The number of carbonyl (C=O) groups is 2. The molecule has 0 radical (unpaired) electrons. The van der Waals surface area contributed by atoms with Gasteiger partial charge in [0.25, 0.3) is 5.56 Å². The zero-order chi connectivity index (χ0) is 20.5. The number of nitrogens with zero attached hydrogens (tertiary/aromatic N) is 3. The lowest BCUT2D eigenvalue weighted by molar-refractivity contribution is -0.131. The van der Waals surface area contributed by atoms with E-state index in [1.54, 1.807) is 16.8 Å². The van der Waals surface area contributed by atoms with Crippen molar-refractivity contribution in [2.75, 3.05) is 32.7 Å². The molecule has 0 aliphatic carbocycles. The van der Waals surface area contributed by atoms with E-state index in [4.69, 9.17) is 0 Å². The molecule has 1 aromatic rings. The van der Waals surface area contributed by atoms with Crippen LogP contribution in [0.2, 0.25) is 0 Å². The maximum atomic E-state index is 12.8. The van der Waals surface area contributed by atoms with E-state index < -0.39 is 0 Å². The van der Waals surface area contributed by atoms with E-state index in [2.05, 4.69) is 10.2 Å². The molecule has 0 saturated carbocycles. The molecule has 0 bridgehead atoms. The molecule has 0 spiro atoms. The van der Waals surface area contributed by atoms with Crippen molar-refractivity contribution in [1.29, 1.82) is 0 Å². The molecule has 3 heterocycles. The maximum Gasteiger partial charge on any atom is 0.250 e. The Labute approximate surface area is 173 Å². The molecular weight excluding hydrogens is 368 g/mol. The maximum absolute atomic E-state index is 12.8. The van der Waals surface area contributed by atoms with Gasteiger partial charge in [-0.25, -0.2) is 0 Å². The van der Waals surface area contributed by atoms with Gasteiger partial charge in [0.1, 0.15) is 0 Å². The molecule has 7 nitrogen and oxygen atoms in total. The fourth-order valence-electron chi connectivity index (χ4n) is 4.37. The lowest BCUT2D eigenvalue weighted by atomic mass is 9.98. The second-order valence-corrected chi connectivity index (χ2v) is 8.16. The van der Waals surface area contributed by atoms with Crippen molar-refractivity contribution in [2.24, 2.45) is 0 Å². The Balaban J connectivity index is 1.55. The number of amides is 2. The molecule has 1 N–H and O–H groups in total. The first kappa shape index (κ1) is 21.6. The first-order chi connectivity index (χ1) is 14.1.